The summed E-state index contributed by atoms with van der Waals surface area (Å²) < 4.78 is 10.3. The van der Waals surface area contributed by atoms with Crippen LogP contribution in [0.3, 0.4) is 0 Å². The number of anilines is 1. The normalized spacial score (nSPS) is 17.2. The Kier molecular flexibility index (Phi) is 5.19. The number of urea groups is 1. The Hall–Kier alpha value is -2.68. The summed E-state index contributed by atoms with van der Waals surface area (Å²) in [5.74, 6) is 2.66. The summed E-state index contributed by atoms with van der Waals surface area (Å²) in [5, 5.41) is 6.90. The van der Waals surface area contributed by atoms with Crippen molar-refractivity contribution in [2.75, 3.05) is 51.3 Å². The van der Waals surface area contributed by atoms with Crippen LogP contribution in [0.25, 0.3) is 11.4 Å². The molecule has 1 aliphatic heterocycles. The summed E-state index contributed by atoms with van der Waals surface area (Å²) in [6.45, 7) is 3.87. The minimum atomic E-state index is -0.0430. The van der Waals surface area contributed by atoms with Gasteiger partial charge >= 0.3 is 6.03 Å². The number of methoxy groups -OCH3 is 1. The van der Waals surface area contributed by atoms with E-state index in [0.29, 0.717) is 38.0 Å². The van der Waals surface area contributed by atoms with Crippen LogP contribution in [0.2, 0.25) is 0 Å². The van der Waals surface area contributed by atoms with Gasteiger partial charge in [-0.1, -0.05) is 5.16 Å². The fraction of sp³-hybridized carbons (Fsp3) is 0.556. The van der Waals surface area contributed by atoms with Crippen LogP contribution in [0.5, 0.6) is 0 Å². The van der Waals surface area contributed by atoms with Crippen LogP contribution >= 0.6 is 0 Å². The van der Waals surface area contributed by atoms with Gasteiger partial charge in [-0.2, -0.15) is 4.98 Å². The zero-order valence-corrected chi connectivity index (χ0v) is 15.4. The van der Waals surface area contributed by atoms with Crippen LogP contribution in [-0.2, 0) is 4.74 Å². The quantitative estimate of drug-likeness (QED) is 0.767. The number of nitrogens with one attached hydrogen (secondary N) is 1. The highest BCUT2D eigenvalue weighted by atomic mass is 16.5. The maximum Gasteiger partial charge on any atom is 0.317 e. The SMILES string of the molecule is COCCNC(=O)N1CCN(c2ccc(-c3noc(C4CC4)n3)cn2)CC1. The predicted molar refractivity (Wildman–Crippen MR) is 98.6 cm³/mol. The van der Waals surface area contributed by atoms with Crippen molar-refractivity contribution in [1.82, 2.24) is 25.3 Å². The summed E-state index contributed by atoms with van der Waals surface area (Å²) in [5.41, 5.74) is 0.852. The zero-order valence-electron chi connectivity index (χ0n) is 15.4. The molecule has 1 N–H and O–H groups in total. The maximum atomic E-state index is 12.1. The molecule has 2 aromatic heterocycles. The van der Waals surface area contributed by atoms with E-state index in [0.717, 1.165) is 43.2 Å². The topological polar surface area (TPSA) is 96.6 Å². The number of carbonyl (C=O) groups excluding carboxylic acids is 1. The number of pyridine rings is 1. The number of amides is 2. The van der Waals surface area contributed by atoms with Gasteiger partial charge < -0.3 is 24.4 Å². The van der Waals surface area contributed by atoms with Crippen LogP contribution in [0.4, 0.5) is 10.6 Å². The minimum Gasteiger partial charge on any atom is -0.383 e. The molecule has 144 valence electrons. The molecule has 2 aromatic rings. The molecule has 0 atom stereocenters. The second kappa shape index (κ2) is 7.91. The molecule has 1 saturated carbocycles. The number of aromatic nitrogens is 3. The van der Waals surface area contributed by atoms with Crippen LogP contribution in [-0.4, -0.2) is 72.5 Å². The molecular weight excluding hydrogens is 348 g/mol. The van der Waals surface area contributed by atoms with E-state index in [4.69, 9.17) is 9.26 Å². The van der Waals surface area contributed by atoms with Crippen molar-refractivity contribution in [3.8, 4) is 11.4 Å². The molecule has 2 aliphatic rings. The lowest BCUT2D eigenvalue weighted by Gasteiger charge is -2.35. The Bertz CT molecular complexity index is 766. The summed E-state index contributed by atoms with van der Waals surface area (Å²) in [4.78, 5) is 25.1. The number of ether oxygens (including phenoxy) is 1. The largest absolute Gasteiger partial charge is 0.383 e. The molecule has 9 heteroatoms. The highest BCUT2D eigenvalue weighted by Gasteiger charge is 2.30. The number of carbonyl (C=O) groups is 1. The first-order valence-corrected chi connectivity index (χ1v) is 9.31. The van der Waals surface area contributed by atoms with E-state index in [9.17, 15) is 4.79 Å². The van der Waals surface area contributed by atoms with Gasteiger partial charge in [-0.05, 0) is 25.0 Å². The second-order valence-corrected chi connectivity index (χ2v) is 6.83. The van der Waals surface area contributed by atoms with Crippen LogP contribution in [0.15, 0.2) is 22.9 Å². The highest BCUT2D eigenvalue weighted by molar-refractivity contribution is 5.74. The van der Waals surface area contributed by atoms with Gasteiger partial charge in [-0.25, -0.2) is 9.78 Å². The molecule has 2 amide bonds. The van der Waals surface area contributed by atoms with Crippen molar-refractivity contribution >= 4 is 11.8 Å². The predicted octanol–water partition coefficient (Wildman–Crippen LogP) is 1.49. The Morgan fingerprint density at radius 3 is 2.78 bits per heavy atom. The summed E-state index contributed by atoms with van der Waals surface area (Å²) in [6, 6.07) is 3.89. The van der Waals surface area contributed by atoms with Gasteiger partial charge in [0.1, 0.15) is 5.82 Å². The Morgan fingerprint density at radius 1 is 1.30 bits per heavy atom. The van der Waals surface area contributed by atoms with E-state index < -0.39 is 0 Å². The molecule has 0 aromatic carbocycles. The van der Waals surface area contributed by atoms with Crippen molar-refractivity contribution in [2.45, 2.75) is 18.8 Å². The van der Waals surface area contributed by atoms with Crippen LogP contribution in [0.1, 0.15) is 24.7 Å². The van der Waals surface area contributed by atoms with E-state index in [1.165, 1.54) is 0 Å². The standard InChI is InChI=1S/C18H24N6O3/c1-26-11-6-19-18(25)24-9-7-23(8-10-24)15-5-4-14(12-20-15)16-21-17(27-22-16)13-2-3-13/h4-5,12-13H,2-3,6-11H2,1H3,(H,19,25). The van der Waals surface area contributed by atoms with Gasteiger partial charge in [0.05, 0.1) is 6.61 Å². The van der Waals surface area contributed by atoms with Crippen molar-refractivity contribution in [3.63, 3.8) is 0 Å². The average Bonchev–Trinajstić information content (AvgIpc) is 3.45. The van der Waals surface area contributed by atoms with Gasteiger partial charge in [-0.15, -0.1) is 0 Å². The van der Waals surface area contributed by atoms with Gasteiger partial charge in [0.2, 0.25) is 11.7 Å². The molecule has 1 aliphatic carbocycles. The fourth-order valence-electron chi connectivity index (χ4n) is 3.06. The summed E-state index contributed by atoms with van der Waals surface area (Å²) >= 11 is 0. The molecule has 2 fully saturated rings. The number of rotatable bonds is 6. The average molecular weight is 372 g/mol. The van der Waals surface area contributed by atoms with Crippen molar-refractivity contribution in [1.29, 1.82) is 0 Å². The molecule has 9 nitrogen and oxygen atoms in total. The van der Waals surface area contributed by atoms with E-state index in [-0.39, 0.29) is 6.03 Å². The third kappa shape index (κ3) is 4.19. The molecule has 0 bridgehead atoms. The molecule has 0 radical (unpaired) electrons. The first-order chi connectivity index (χ1) is 13.2. The molecule has 0 unspecified atom stereocenters. The lowest BCUT2D eigenvalue weighted by molar-refractivity contribution is 0.177. The number of piperazine rings is 1. The lowest BCUT2D eigenvalue weighted by Crippen LogP contribution is -2.52. The van der Waals surface area contributed by atoms with Crippen LogP contribution in [0, 0.1) is 0 Å². The first-order valence-electron chi connectivity index (χ1n) is 9.31. The van der Waals surface area contributed by atoms with Crippen molar-refractivity contribution < 1.29 is 14.1 Å². The van der Waals surface area contributed by atoms with E-state index >= 15 is 0 Å². The zero-order chi connectivity index (χ0) is 18.6. The molecule has 1 saturated heterocycles. The smallest absolute Gasteiger partial charge is 0.317 e. The molecule has 0 spiro atoms. The first kappa shape index (κ1) is 17.7. The Morgan fingerprint density at radius 2 is 2.11 bits per heavy atom. The number of nitrogens with zero attached hydrogens (tertiary/aromatic N) is 5. The van der Waals surface area contributed by atoms with Gasteiger partial charge in [0.25, 0.3) is 0 Å². The lowest BCUT2D eigenvalue weighted by atomic mass is 10.2. The van der Waals surface area contributed by atoms with E-state index in [2.05, 4.69) is 25.3 Å². The molecular formula is C18H24N6O3. The van der Waals surface area contributed by atoms with Crippen LogP contribution < -0.4 is 10.2 Å². The molecule has 3 heterocycles. The summed E-state index contributed by atoms with van der Waals surface area (Å²) in [6.07, 6.45) is 4.05. The highest BCUT2D eigenvalue weighted by Crippen LogP contribution is 2.39. The third-order valence-electron chi connectivity index (χ3n) is 4.85. The minimum absolute atomic E-state index is 0.0430. The third-order valence-corrected chi connectivity index (χ3v) is 4.85. The fourth-order valence-corrected chi connectivity index (χ4v) is 3.06. The van der Waals surface area contributed by atoms with E-state index in [1.807, 2.05) is 17.0 Å². The van der Waals surface area contributed by atoms with Crippen molar-refractivity contribution in [2.24, 2.45) is 0 Å². The van der Waals surface area contributed by atoms with E-state index in [1.54, 1.807) is 13.3 Å². The Labute approximate surface area is 157 Å². The molecule has 27 heavy (non-hydrogen) atoms. The summed E-state index contributed by atoms with van der Waals surface area (Å²) in [7, 11) is 1.62. The monoisotopic (exact) mass is 372 g/mol. The maximum absolute atomic E-state index is 12.1. The number of hydrogen-bond acceptors (Lipinski definition) is 7. The van der Waals surface area contributed by atoms with Gasteiger partial charge in [-0.3, -0.25) is 0 Å². The van der Waals surface area contributed by atoms with Crippen molar-refractivity contribution in [3.05, 3.63) is 24.2 Å². The van der Waals surface area contributed by atoms with Gasteiger partial charge in [0.15, 0.2) is 0 Å². The number of hydrogen-bond donors (Lipinski definition) is 1. The second-order valence-electron chi connectivity index (χ2n) is 6.83. The van der Waals surface area contributed by atoms with Gasteiger partial charge in [0, 0.05) is 57.5 Å². The Balaban J connectivity index is 1.31. The molecule has 4 rings (SSSR count).